The van der Waals surface area contributed by atoms with Gasteiger partial charge in [-0.2, -0.15) is 0 Å². The fourth-order valence-corrected chi connectivity index (χ4v) is 1.82. The summed E-state index contributed by atoms with van der Waals surface area (Å²) in [5, 5.41) is 0. The Hall–Kier alpha value is -2.76. The normalized spacial score (nSPS) is 10.3. The van der Waals surface area contributed by atoms with Gasteiger partial charge in [-0.25, -0.2) is 8.78 Å². The van der Waals surface area contributed by atoms with Crippen molar-refractivity contribution in [1.29, 1.82) is 0 Å². The Morgan fingerprint density at radius 1 is 0.909 bits per heavy atom. The van der Waals surface area contributed by atoms with E-state index < -0.39 is 35.4 Å². The van der Waals surface area contributed by atoms with Gasteiger partial charge in [-0.05, 0) is 35.9 Å². The van der Waals surface area contributed by atoms with E-state index in [0.717, 1.165) is 24.4 Å². The third kappa shape index (κ3) is 4.12. The highest BCUT2D eigenvalue weighted by atomic mass is 19.1. The minimum Gasteiger partial charge on any atom is -0.294 e. The van der Waals surface area contributed by atoms with Gasteiger partial charge >= 0.3 is 0 Å². The molecule has 0 atom stereocenters. The number of pyridine rings is 1. The molecule has 0 spiro atoms. The molecule has 0 aliphatic heterocycles. The maximum absolute atomic E-state index is 12.9. The summed E-state index contributed by atoms with van der Waals surface area (Å²) < 4.78 is 25.7. The van der Waals surface area contributed by atoms with Gasteiger partial charge in [0, 0.05) is 18.2 Å². The first-order valence-electron chi connectivity index (χ1n) is 6.40. The van der Waals surface area contributed by atoms with Crippen LogP contribution in [-0.2, 0) is 16.0 Å². The van der Waals surface area contributed by atoms with Gasteiger partial charge in [0.1, 0.15) is 11.6 Å². The van der Waals surface area contributed by atoms with Crippen LogP contribution in [0.25, 0.3) is 0 Å². The maximum Gasteiger partial charge on any atom is 0.206 e. The summed E-state index contributed by atoms with van der Waals surface area (Å²) in [5.41, 5.74) is 0.405. The summed E-state index contributed by atoms with van der Waals surface area (Å²) in [5.74, 6) is -3.37. The number of carbonyl (C=O) groups is 3. The van der Waals surface area contributed by atoms with Crippen molar-refractivity contribution in [3.8, 4) is 0 Å². The lowest BCUT2D eigenvalue weighted by Crippen LogP contribution is -2.20. The van der Waals surface area contributed by atoms with E-state index in [2.05, 4.69) is 4.98 Å². The molecular formula is C16H11F2NO3. The van der Waals surface area contributed by atoms with Crippen molar-refractivity contribution in [2.45, 2.75) is 12.8 Å². The van der Waals surface area contributed by atoms with Gasteiger partial charge in [0.25, 0.3) is 0 Å². The molecule has 0 aliphatic rings. The SMILES string of the molecule is O=C(CC(=O)c1ccc(F)cc1)C(=O)Cc1cncc(F)c1. The Morgan fingerprint density at radius 3 is 2.23 bits per heavy atom. The van der Waals surface area contributed by atoms with E-state index in [0.29, 0.717) is 0 Å². The van der Waals surface area contributed by atoms with Crippen LogP contribution in [0.4, 0.5) is 8.78 Å². The Bertz CT molecular complexity index is 726. The highest BCUT2D eigenvalue weighted by Crippen LogP contribution is 2.08. The fourth-order valence-electron chi connectivity index (χ4n) is 1.82. The van der Waals surface area contributed by atoms with Crippen molar-refractivity contribution < 1.29 is 23.2 Å². The first-order chi connectivity index (χ1) is 10.5. The van der Waals surface area contributed by atoms with Gasteiger partial charge in [-0.15, -0.1) is 0 Å². The van der Waals surface area contributed by atoms with Crippen LogP contribution in [0.2, 0.25) is 0 Å². The number of halogens is 2. The highest BCUT2D eigenvalue weighted by Gasteiger charge is 2.19. The average molecular weight is 303 g/mol. The zero-order valence-electron chi connectivity index (χ0n) is 11.4. The summed E-state index contributed by atoms with van der Waals surface area (Å²) in [4.78, 5) is 38.8. The van der Waals surface area contributed by atoms with Crippen molar-refractivity contribution in [1.82, 2.24) is 4.98 Å². The number of rotatable bonds is 6. The Balaban J connectivity index is 1.98. The number of carbonyl (C=O) groups excluding carboxylic acids is 3. The van der Waals surface area contributed by atoms with Gasteiger partial charge in [0.05, 0.1) is 12.6 Å². The zero-order chi connectivity index (χ0) is 16.1. The topological polar surface area (TPSA) is 64.1 Å². The molecule has 0 radical (unpaired) electrons. The monoisotopic (exact) mass is 303 g/mol. The second kappa shape index (κ2) is 6.80. The minimum absolute atomic E-state index is 0.148. The van der Waals surface area contributed by atoms with Crippen molar-refractivity contribution in [2.75, 3.05) is 0 Å². The molecule has 2 rings (SSSR count). The molecule has 0 saturated carbocycles. The number of benzene rings is 1. The number of aromatic nitrogens is 1. The lowest BCUT2D eigenvalue weighted by molar-refractivity contribution is -0.135. The van der Waals surface area contributed by atoms with Gasteiger partial charge in [-0.1, -0.05) is 0 Å². The number of nitrogens with zero attached hydrogens (tertiary/aromatic N) is 1. The van der Waals surface area contributed by atoms with Crippen LogP contribution in [0.15, 0.2) is 42.7 Å². The van der Waals surface area contributed by atoms with Crippen molar-refractivity contribution >= 4 is 17.3 Å². The fraction of sp³-hybridized carbons (Fsp3) is 0.125. The van der Waals surface area contributed by atoms with Crippen LogP contribution in [0.3, 0.4) is 0 Å². The smallest absolute Gasteiger partial charge is 0.206 e. The molecule has 0 bridgehead atoms. The number of Topliss-reactive ketones (excluding diaryl/α,β-unsaturated/α-hetero) is 3. The lowest BCUT2D eigenvalue weighted by Gasteiger charge is -2.02. The van der Waals surface area contributed by atoms with Crippen molar-refractivity contribution in [3.05, 3.63) is 65.5 Å². The summed E-state index contributed by atoms with van der Waals surface area (Å²) in [6.07, 6.45) is 1.33. The Kier molecular flexibility index (Phi) is 4.83. The molecule has 0 fully saturated rings. The van der Waals surface area contributed by atoms with Crippen molar-refractivity contribution in [3.63, 3.8) is 0 Å². The van der Waals surface area contributed by atoms with Crippen LogP contribution in [-0.4, -0.2) is 22.3 Å². The van der Waals surface area contributed by atoms with Crippen LogP contribution >= 0.6 is 0 Å². The third-order valence-corrected chi connectivity index (χ3v) is 2.92. The predicted molar refractivity (Wildman–Crippen MR) is 73.3 cm³/mol. The quantitative estimate of drug-likeness (QED) is 0.467. The highest BCUT2D eigenvalue weighted by molar-refractivity contribution is 6.41. The van der Waals surface area contributed by atoms with E-state index in [1.807, 2.05) is 0 Å². The Morgan fingerprint density at radius 2 is 1.59 bits per heavy atom. The molecule has 1 aromatic carbocycles. The molecule has 0 N–H and O–H groups in total. The van der Waals surface area contributed by atoms with E-state index in [1.165, 1.54) is 18.3 Å². The first-order valence-corrected chi connectivity index (χ1v) is 6.40. The molecule has 22 heavy (non-hydrogen) atoms. The van der Waals surface area contributed by atoms with Crippen molar-refractivity contribution in [2.24, 2.45) is 0 Å². The summed E-state index contributed by atoms with van der Waals surface area (Å²) in [6, 6.07) is 5.77. The molecule has 1 aromatic heterocycles. The molecule has 0 unspecified atom stereocenters. The standard InChI is InChI=1S/C16H11F2NO3/c17-12-3-1-11(2-4-12)14(20)7-16(22)15(21)6-10-5-13(18)9-19-8-10/h1-5,8-9H,6-7H2. The average Bonchev–Trinajstić information content (AvgIpc) is 2.47. The predicted octanol–water partition coefficient (Wildman–Crippen LogP) is 2.31. The Labute approximate surface area is 124 Å². The van der Waals surface area contributed by atoms with E-state index in [-0.39, 0.29) is 17.5 Å². The summed E-state index contributed by atoms with van der Waals surface area (Å²) in [6.45, 7) is 0. The van der Waals surface area contributed by atoms with E-state index in [1.54, 1.807) is 0 Å². The second-order valence-electron chi connectivity index (χ2n) is 4.64. The first kappa shape index (κ1) is 15.6. The van der Waals surface area contributed by atoms with E-state index in [4.69, 9.17) is 0 Å². The molecule has 112 valence electrons. The minimum atomic E-state index is -0.876. The maximum atomic E-state index is 12.9. The molecule has 2 aromatic rings. The number of hydrogen-bond acceptors (Lipinski definition) is 4. The van der Waals surface area contributed by atoms with Gasteiger partial charge < -0.3 is 0 Å². The van der Waals surface area contributed by atoms with Crippen LogP contribution in [0.1, 0.15) is 22.3 Å². The van der Waals surface area contributed by atoms with E-state index in [9.17, 15) is 23.2 Å². The van der Waals surface area contributed by atoms with Crippen LogP contribution in [0.5, 0.6) is 0 Å². The molecular weight excluding hydrogens is 292 g/mol. The zero-order valence-corrected chi connectivity index (χ0v) is 11.4. The van der Waals surface area contributed by atoms with E-state index >= 15 is 0 Å². The summed E-state index contributed by atoms with van der Waals surface area (Å²) in [7, 11) is 0. The largest absolute Gasteiger partial charge is 0.294 e. The van der Waals surface area contributed by atoms with Gasteiger partial charge in [0.2, 0.25) is 11.6 Å². The molecule has 0 saturated heterocycles. The number of ketones is 3. The molecule has 4 nitrogen and oxygen atoms in total. The second-order valence-corrected chi connectivity index (χ2v) is 4.64. The lowest BCUT2D eigenvalue weighted by atomic mass is 10.0. The molecule has 6 heteroatoms. The summed E-state index contributed by atoms with van der Waals surface area (Å²) >= 11 is 0. The molecule has 0 aliphatic carbocycles. The van der Waals surface area contributed by atoms with Crippen LogP contribution in [0, 0.1) is 11.6 Å². The van der Waals surface area contributed by atoms with Crippen LogP contribution < -0.4 is 0 Å². The number of hydrogen-bond donors (Lipinski definition) is 0. The molecule has 0 amide bonds. The molecule has 1 heterocycles. The van der Waals surface area contributed by atoms with Gasteiger partial charge in [0.15, 0.2) is 5.78 Å². The third-order valence-electron chi connectivity index (χ3n) is 2.92. The van der Waals surface area contributed by atoms with Gasteiger partial charge in [-0.3, -0.25) is 19.4 Å².